The number of imidazole rings is 1. The Hall–Kier alpha value is -0.870. The van der Waals surface area contributed by atoms with Crippen LogP contribution in [0.25, 0.3) is 0 Å². The Morgan fingerprint density at radius 3 is 2.59 bits per heavy atom. The van der Waals surface area contributed by atoms with Gasteiger partial charge in [0, 0.05) is 38.1 Å². The highest BCUT2D eigenvalue weighted by atomic mass is 16.3. The quantitative estimate of drug-likeness (QED) is 0.787. The van der Waals surface area contributed by atoms with Crippen LogP contribution in [-0.4, -0.2) is 44.8 Å². The molecule has 98 valence electrons. The van der Waals surface area contributed by atoms with Crippen LogP contribution in [-0.2, 0) is 6.54 Å². The van der Waals surface area contributed by atoms with Gasteiger partial charge < -0.3 is 9.67 Å². The summed E-state index contributed by atoms with van der Waals surface area (Å²) >= 11 is 0. The van der Waals surface area contributed by atoms with Crippen LogP contribution in [0, 0.1) is 6.92 Å². The average molecular weight is 239 g/mol. The van der Waals surface area contributed by atoms with E-state index in [1.807, 2.05) is 26.2 Å². The van der Waals surface area contributed by atoms with Gasteiger partial charge in [0.05, 0.1) is 6.10 Å². The fourth-order valence-corrected chi connectivity index (χ4v) is 1.98. The topological polar surface area (TPSA) is 41.3 Å². The molecule has 1 atom stereocenters. The smallest absolute Gasteiger partial charge is 0.105 e. The lowest BCUT2D eigenvalue weighted by atomic mass is 10.2. The fourth-order valence-electron chi connectivity index (χ4n) is 1.98. The Balaban J connectivity index is 2.34. The molecule has 1 aromatic rings. The standard InChI is InChI=1S/C13H25N3O/c1-11(2)16(10-12(3)17)8-5-7-15-9-6-14-13(15)4/h6,9,11-12,17H,5,7-8,10H2,1-4H3. The molecule has 0 fully saturated rings. The molecule has 0 saturated carbocycles. The number of aromatic nitrogens is 2. The van der Waals surface area contributed by atoms with Crippen molar-refractivity contribution in [3.63, 3.8) is 0 Å². The van der Waals surface area contributed by atoms with Crippen molar-refractivity contribution in [1.29, 1.82) is 0 Å². The predicted molar refractivity (Wildman–Crippen MR) is 70.0 cm³/mol. The second-order valence-electron chi connectivity index (χ2n) is 4.96. The summed E-state index contributed by atoms with van der Waals surface area (Å²) in [5.74, 6) is 1.07. The molecule has 0 amide bonds. The predicted octanol–water partition coefficient (Wildman–Crippen LogP) is 1.67. The van der Waals surface area contributed by atoms with Crippen molar-refractivity contribution in [3.05, 3.63) is 18.2 Å². The largest absolute Gasteiger partial charge is 0.392 e. The Kier molecular flexibility index (Phi) is 5.65. The van der Waals surface area contributed by atoms with E-state index >= 15 is 0 Å². The average Bonchev–Trinajstić information content (AvgIpc) is 2.62. The van der Waals surface area contributed by atoms with Crippen LogP contribution in [0.1, 0.15) is 33.0 Å². The summed E-state index contributed by atoms with van der Waals surface area (Å²) in [5.41, 5.74) is 0. The third-order valence-corrected chi connectivity index (χ3v) is 3.00. The Morgan fingerprint density at radius 1 is 1.41 bits per heavy atom. The summed E-state index contributed by atoms with van der Waals surface area (Å²) in [6.45, 7) is 11.0. The van der Waals surface area contributed by atoms with Gasteiger partial charge in [-0.1, -0.05) is 0 Å². The number of aliphatic hydroxyl groups excluding tert-OH is 1. The first-order valence-corrected chi connectivity index (χ1v) is 6.40. The third-order valence-electron chi connectivity index (χ3n) is 3.00. The summed E-state index contributed by atoms with van der Waals surface area (Å²) < 4.78 is 2.17. The van der Waals surface area contributed by atoms with Crippen LogP contribution in [0.15, 0.2) is 12.4 Å². The van der Waals surface area contributed by atoms with E-state index in [-0.39, 0.29) is 6.10 Å². The van der Waals surface area contributed by atoms with Crippen molar-refractivity contribution in [2.75, 3.05) is 13.1 Å². The van der Waals surface area contributed by atoms with Crippen molar-refractivity contribution in [3.8, 4) is 0 Å². The highest BCUT2D eigenvalue weighted by Gasteiger charge is 2.11. The van der Waals surface area contributed by atoms with Crippen LogP contribution in [0.5, 0.6) is 0 Å². The molecule has 0 aliphatic heterocycles. The Morgan fingerprint density at radius 2 is 2.12 bits per heavy atom. The molecule has 1 heterocycles. The SMILES string of the molecule is Cc1nccn1CCCN(CC(C)O)C(C)C. The normalized spacial score (nSPS) is 13.6. The van der Waals surface area contributed by atoms with Gasteiger partial charge in [-0.05, 0) is 34.1 Å². The van der Waals surface area contributed by atoms with Gasteiger partial charge in [-0.2, -0.15) is 0 Å². The molecule has 0 saturated heterocycles. The van der Waals surface area contributed by atoms with Crippen molar-refractivity contribution < 1.29 is 5.11 Å². The van der Waals surface area contributed by atoms with Crippen molar-refractivity contribution >= 4 is 0 Å². The summed E-state index contributed by atoms with van der Waals surface area (Å²) in [4.78, 5) is 6.52. The molecule has 1 N–H and O–H groups in total. The van der Waals surface area contributed by atoms with Gasteiger partial charge in [0.25, 0.3) is 0 Å². The van der Waals surface area contributed by atoms with Gasteiger partial charge in [0.1, 0.15) is 5.82 Å². The molecule has 0 spiro atoms. The van der Waals surface area contributed by atoms with E-state index in [1.165, 1.54) is 0 Å². The summed E-state index contributed by atoms with van der Waals surface area (Å²) in [7, 11) is 0. The molecule has 1 unspecified atom stereocenters. The molecular weight excluding hydrogens is 214 g/mol. The zero-order valence-electron chi connectivity index (χ0n) is 11.4. The van der Waals surface area contributed by atoms with Crippen LogP contribution in [0.4, 0.5) is 0 Å². The maximum Gasteiger partial charge on any atom is 0.105 e. The zero-order chi connectivity index (χ0) is 12.8. The second-order valence-corrected chi connectivity index (χ2v) is 4.96. The number of aryl methyl sites for hydroxylation is 2. The first-order valence-electron chi connectivity index (χ1n) is 6.40. The lowest BCUT2D eigenvalue weighted by Gasteiger charge is -2.27. The Bertz CT molecular complexity index is 320. The number of rotatable bonds is 7. The van der Waals surface area contributed by atoms with Crippen molar-refractivity contribution in [2.45, 2.75) is 52.8 Å². The van der Waals surface area contributed by atoms with E-state index in [1.54, 1.807) is 0 Å². The lowest BCUT2D eigenvalue weighted by Crippen LogP contribution is -2.37. The number of aliphatic hydroxyl groups is 1. The summed E-state index contributed by atoms with van der Waals surface area (Å²) in [6, 6.07) is 0.480. The monoisotopic (exact) mass is 239 g/mol. The van der Waals surface area contributed by atoms with E-state index in [2.05, 4.69) is 28.3 Å². The molecule has 4 nitrogen and oxygen atoms in total. The van der Waals surface area contributed by atoms with E-state index in [0.717, 1.165) is 31.9 Å². The van der Waals surface area contributed by atoms with E-state index < -0.39 is 0 Å². The van der Waals surface area contributed by atoms with Crippen LogP contribution < -0.4 is 0 Å². The zero-order valence-corrected chi connectivity index (χ0v) is 11.4. The number of hydrogen-bond acceptors (Lipinski definition) is 3. The first-order chi connectivity index (χ1) is 8.00. The number of hydrogen-bond donors (Lipinski definition) is 1. The third kappa shape index (κ3) is 4.88. The van der Waals surface area contributed by atoms with Gasteiger partial charge in [-0.3, -0.25) is 4.90 Å². The second kappa shape index (κ2) is 6.77. The molecule has 0 radical (unpaired) electrons. The van der Waals surface area contributed by atoms with Gasteiger partial charge in [-0.25, -0.2) is 4.98 Å². The van der Waals surface area contributed by atoms with Gasteiger partial charge >= 0.3 is 0 Å². The molecule has 4 heteroatoms. The van der Waals surface area contributed by atoms with E-state index in [9.17, 15) is 5.11 Å². The number of nitrogens with zero attached hydrogens (tertiary/aromatic N) is 3. The van der Waals surface area contributed by atoms with Crippen molar-refractivity contribution in [1.82, 2.24) is 14.5 Å². The minimum Gasteiger partial charge on any atom is -0.392 e. The van der Waals surface area contributed by atoms with Crippen molar-refractivity contribution in [2.24, 2.45) is 0 Å². The molecule has 1 rings (SSSR count). The van der Waals surface area contributed by atoms with Gasteiger partial charge in [0.2, 0.25) is 0 Å². The highest BCUT2D eigenvalue weighted by molar-refractivity contribution is 4.88. The maximum absolute atomic E-state index is 9.44. The minimum atomic E-state index is -0.257. The molecule has 0 aliphatic rings. The van der Waals surface area contributed by atoms with Gasteiger partial charge in [0.15, 0.2) is 0 Å². The lowest BCUT2D eigenvalue weighted by molar-refractivity contribution is 0.106. The fraction of sp³-hybridized carbons (Fsp3) is 0.769. The van der Waals surface area contributed by atoms with E-state index in [0.29, 0.717) is 6.04 Å². The van der Waals surface area contributed by atoms with E-state index in [4.69, 9.17) is 0 Å². The summed E-state index contributed by atoms with van der Waals surface area (Å²) in [6.07, 6.45) is 4.68. The summed E-state index contributed by atoms with van der Waals surface area (Å²) in [5, 5.41) is 9.44. The molecule has 1 aromatic heterocycles. The van der Waals surface area contributed by atoms with Crippen LogP contribution in [0.2, 0.25) is 0 Å². The first kappa shape index (κ1) is 14.2. The molecule has 0 bridgehead atoms. The highest BCUT2D eigenvalue weighted by Crippen LogP contribution is 2.04. The van der Waals surface area contributed by atoms with Crippen LogP contribution in [0.3, 0.4) is 0 Å². The van der Waals surface area contributed by atoms with Gasteiger partial charge in [-0.15, -0.1) is 0 Å². The molecule has 0 aromatic carbocycles. The molecule has 0 aliphatic carbocycles. The molecule has 17 heavy (non-hydrogen) atoms. The van der Waals surface area contributed by atoms with Crippen LogP contribution >= 0.6 is 0 Å². The Labute approximate surface area is 104 Å². The molecular formula is C13H25N3O. The minimum absolute atomic E-state index is 0.257. The maximum atomic E-state index is 9.44.